The Bertz CT molecular complexity index is 325. The molecule has 0 unspecified atom stereocenters. The van der Waals surface area contributed by atoms with Gasteiger partial charge < -0.3 is 4.74 Å². The molecule has 0 radical (unpaired) electrons. The lowest BCUT2D eigenvalue weighted by molar-refractivity contribution is 0.0455. The number of ether oxygens (including phenoxy) is 1. The van der Waals surface area contributed by atoms with Crippen molar-refractivity contribution < 1.29 is 4.74 Å². The van der Waals surface area contributed by atoms with E-state index < -0.39 is 0 Å². The minimum absolute atomic E-state index is 0.316. The van der Waals surface area contributed by atoms with Crippen LogP contribution in [-0.4, -0.2) is 15.9 Å². The van der Waals surface area contributed by atoms with Crippen LogP contribution in [0.1, 0.15) is 52.3 Å². The molecule has 1 aromatic heterocycles. The van der Waals surface area contributed by atoms with Gasteiger partial charge in [0.25, 0.3) is 0 Å². The van der Waals surface area contributed by atoms with Crippen LogP contribution in [0.3, 0.4) is 0 Å². The van der Waals surface area contributed by atoms with E-state index >= 15 is 0 Å². The molecular formula is C12H21IN2O. The highest BCUT2D eigenvalue weighted by molar-refractivity contribution is 14.1. The molecule has 0 bridgehead atoms. The fourth-order valence-electron chi connectivity index (χ4n) is 1.39. The van der Waals surface area contributed by atoms with Gasteiger partial charge in [0, 0.05) is 6.04 Å². The topological polar surface area (TPSA) is 27.1 Å². The summed E-state index contributed by atoms with van der Waals surface area (Å²) in [5.74, 6) is 0. The summed E-state index contributed by atoms with van der Waals surface area (Å²) in [6.45, 7) is 9.28. The van der Waals surface area contributed by atoms with Gasteiger partial charge in [-0.2, -0.15) is 5.10 Å². The van der Waals surface area contributed by atoms with E-state index in [9.17, 15) is 0 Å². The van der Waals surface area contributed by atoms with Crippen molar-refractivity contribution >= 4 is 22.6 Å². The lowest BCUT2D eigenvalue weighted by Crippen LogP contribution is -2.14. The zero-order valence-corrected chi connectivity index (χ0v) is 12.7. The van der Waals surface area contributed by atoms with Gasteiger partial charge in [-0.15, -0.1) is 0 Å². The molecular weight excluding hydrogens is 315 g/mol. The van der Waals surface area contributed by atoms with Gasteiger partial charge in [0.05, 0.1) is 28.2 Å². The van der Waals surface area contributed by atoms with Crippen LogP contribution in [0.2, 0.25) is 0 Å². The minimum Gasteiger partial charge on any atom is -0.372 e. The Labute approximate surface area is 112 Å². The van der Waals surface area contributed by atoms with Crippen LogP contribution in [-0.2, 0) is 11.3 Å². The first-order chi connectivity index (χ1) is 7.60. The number of hydrogen-bond acceptors (Lipinski definition) is 2. The average Bonchev–Trinajstić information content (AvgIpc) is 2.66. The molecule has 0 N–H and O–H groups in total. The fraction of sp³-hybridized carbons (Fsp3) is 0.750. The van der Waals surface area contributed by atoms with E-state index in [2.05, 4.69) is 60.1 Å². The second-order valence-corrected chi connectivity index (χ2v) is 5.33. The van der Waals surface area contributed by atoms with Gasteiger partial charge in [0.2, 0.25) is 0 Å². The van der Waals surface area contributed by atoms with Gasteiger partial charge in [0.1, 0.15) is 0 Å². The van der Waals surface area contributed by atoms with Gasteiger partial charge in [-0.05, 0) is 49.3 Å². The van der Waals surface area contributed by atoms with E-state index in [-0.39, 0.29) is 0 Å². The van der Waals surface area contributed by atoms with Crippen molar-refractivity contribution in [2.45, 2.75) is 59.3 Å². The third kappa shape index (κ3) is 3.45. The monoisotopic (exact) mass is 336 g/mol. The molecule has 4 heteroatoms. The highest BCUT2D eigenvalue weighted by atomic mass is 127. The normalized spacial score (nSPS) is 15.1. The zero-order chi connectivity index (χ0) is 12.1. The van der Waals surface area contributed by atoms with Crippen LogP contribution < -0.4 is 0 Å². The quantitative estimate of drug-likeness (QED) is 0.740. The van der Waals surface area contributed by atoms with Crippen LogP contribution in [0.5, 0.6) is 0 Å². The van der Waals surface area contributed by atoms with Crippen LogP contribution >= 0.6 is 22.6 Å². The van der Waals surface area contributed by atoms with Crippen molar-refractivity contribution in [3.63, 3.8) is 0 Å². The van der Waals surface area contributed by atoms with Crippen LogP contribution in [0.4, 0.5) is 0 Å². The van der Waals surface area contributed by atoms with E-state index in [1.807, 2.05) is 6.20 Å². The second-order valence-electron chi connectivity index (χ2n) is 4.17. The standard InChI is InChI=1S/C12H21IN2O/c1-5-9(3)15-12(11(13)7-14-15)8-16-10(4)6-2/h7,9-10H,5-6,8H2,1-4H3/t9-,10-/m0/s1. The summed E-state index contributed by atoms with van der Waals surface area (Å²) < 4.78 is 9.07. The third-order valence-electron chi connectivity index (χ3n) is 2.94. The van der Waals surface area contributed by atoms with E-state index in [0.717, 1.165) is 12.8 Å². The molecule has 0 fully saturated rings. The smallest absolute Gasteiger partial charge is 0.0899 e. The third-order valence-corrected chi connectivity index (χ3v) is 3.84. The predicted octanol–water partition coefficient (Wildman–Crippen LogP) is 3.77. The number of rotatable bonds is 6. The highest BCUT2D eigenvalue weighted by Gasteiger charge is 2.13. The van der Waals surface area contributed by atoms with Gasteiger partial charge in [-0.1, -0.05) is 13.8 Å². The molecule has 1 aromatic rings. The molecule has 0 aliphatic rings. The van der Waals surface area contributed by atoms with Gasteiger partial charge in [0.15, 0.2) is 0 Å². The van der Waals surface area contributed by atoms with Crippen LogP contribution in [0.15, 0.2) is 6.20 Å². The number of halogens is 1. The Kier molecular flexibility index (Phi) is 5.75. The van der Waals surface area contributed by atoms with E-state index in [0.29, 0.717) is 18.8 Å². The molecule has 1 heterocycles. The Morgan fingerprint density at radius 3 is 2.62 bits per heavy atom. The predicted molar refractivity (Wildman–Crippen MR) is 74.5 cm³/mol. The molecule has 0 aliphatic carbocycles. The minimum atomic E-state index is 0.316. The molecule has 0 spiro atoms. The number of aromatic nitrogens is 2. The lowest BCUT2D eigenvalue weighted by Gasteiger charge is -2.16. The maximum Gasteiger partial charge on any atom is 0.0899 e. The van der Waals surface area contributed by atoms with Crippen molar-refractivity contribution in [2.75, 3.05) is 0 Å². The van der Waals surface area contributed by atoms with E-state index in [1.165, 1.54) is 9.26 Å². The molecule has 0 saturated carbocycles. The zero-order valence-electron chi connectivity index (χ0n) is 10.5. The Morgan fingerprint density at radius 1 is 1.38 bits per heavy atom. The Balaban J connectivity index is 2.73. The van der Waals surface area contributed by atoms with Crippen molar-refractivity contribution in [1.29, 1.82) is 0 Å². The molecule has 0 aromatic carbocycles. The fourth-order valence-corrected chi connectivity index (χ4v) is 1.92. The first-order valence-electron chi connectivity index (χ1n) is 5.93. The van der Waals surface area contributed by atoms with Gasteiger partial charge in [-0.25, -0.2) is 0 Å². The number of hydrogen-bond donors (Lipinski definition) is 0. The molecule has 0 aliphatic heterocycles. The Morgan fingerprint density at radius 2 is 2.06 bits per heavy atom. The molecule has 1 rings (SSSR count). The molecule has 0 amide bonds. The summed E-state index contributed by atoms with van der Waals surface area (Å²) >= 11 is 2.33. The molecule has 92 valence electrons. The largest absolute Gasteiger partial charge is 0.372 e. The lowest BCUT2D eigenvalue weighted by atomic mass is 10.2. The van der Waals surface area contributed by atoms with Crippen molar-refractivity contribution in [3.8, 4) is 0 Å². The summed E-state index contributed by atoms with van der Waals surface area (Å²) in [5.41, 5.74) is 1.20. The van der Waals surface area contributed by atoms with Crippen molar-refractivity contribution in [3.05, 3.63) is 15.5 Å². The van der Waals surface area contributed by atoms with E-state index in [1.54, 1.807) is 0 Å². The summed E-state index contributed by atoms with van der Waals surface area (Å²) in [6.07, 6.45) is 4.38. The molecule has 16 heavy (non-hydrogen) atoms. The molecule has 3 nitrogen and oxygen atoms in total. The van der Waals surface area contributed by atoms with Gasteiger partial charge >= 0.3 is 0 Å². The maximum absolute atomic E-state index is 5.79. The number of nitrogens with zero attached hydrogens (tertiary/aromatic N) is 2. The summed E-state index contributed by atoms with van der Waals surface area (Å²) in [7, 11) is 0. The maximum atomic E-state index is 5.79. The summed E-state index contributed by atoms with van der Waals surface area (Å²) in [4.78, 5) is 0. The van der Waals surface area contributed by atoms with Crippen molar-refractivity contribution in [2.24, 2.45) is 0 Å². The van der Waals surface area contributed by atoms with Crippen LogP contribution in [0.25, 0.3) is 0 Å². The summed E-state index contributed by atoms with van der Waals surface area (Å²) in [6, 6.07) is 0.444. The van der Waals surface area contributed by atoms with Gasteiger partial charge in [-0.3, -0.25) is 4.68 Å². The van der Waals surface area contributed by atoms with Crippen molar-refractivity contribution in [1.82, 2.24) is 9.78 Å². The molecule has 2 atom stereocenters. The first-order valence-corrected chi connectivity index (χ1v) is 7.01. The highest BCUT2D eigenvalue weighted by Crippen LogP contribution is 2.19. The average molecular weight is 336 g/mol. The Hall–Kier alpha value is -0.100. The second kappa shape index (κ2) is 6.59. The van der Waals surface area contributed by atoms with E-state index in [4.69, 9.17) is 4.74 Å². The van der Waals surface area contributed by atoms with Crippen LogP contribution in [0, 0.1) is 3.57 Å². The SMILES string of the molecule is CC[C@H](C)OCc1c(I)cnn1[C@@H](C)CC. The summed E-state index contributed by atoms with van der Waals surface area (Å²) in [5, 5.41) is 4.42. The first kappa shape index (κ1) is 14.0. The molecule has 0 saturated heterocycles.